The molecule has 0 bridgehead atoms. The third-order valence-corrected chi connectivity index (χ3v) is 7.07. The predicted octanol–water partition coefficient (Wildman–Crippen LogP) is 5.13. The van der Waals surface area contributed by atoms with E-state index in [1.807, 2.05) is 0 Å². The van der Waals surface area contributed by atoms with Crippen LogP contribution in [0.3, 0.4) is 0 Å². The van der Waals surface area contributed by atoms with Crippen LogP contribution in [0.1, 0.15) is 47.3 Å². The van der Waals surface area contributed by atoms with Crippen LogP contribution < -0.4 is 25.4 Å². The fourth-order valence-electron chi connectivity index (χ4n) is 5.04. The smallest absolute Gasteiger partial charge is 0.410 e. The molecule has 3 atom stereocenters. The van der Waals surface area contributed by atoms with Crippen LogP contribution in [0.2, 0.25) is 0 Å². The standard InChI is InChI=1S/C27H30F3N5O3.ClH/c1-37-22-10-9-18(12-23(22)38-2)20-13-24(27(28,29)30)35-25(33-20)14-21(34-35)16-5-7-17(8-6-16)26(36)32-19-4-3-11-31-15-19;/h5-10,12,14,19-20,24,31,33H,3-4,11,13,15H2,1-2H3,(H,32,36);1H/t19-,20?,24?;/m0./s1. The Bertz CT molecular complexity index is 1290. The quantitative estimate of drug-likeness (QED) is 0.384. The molecular weight excluding hydrogens is 535 g/mol. The highest BCUT2D eigenvalue weighted by Crippen LogP contribution is 2.45. The Labute approximate surface area is 230 Å². The first-order valence-electron chi connectivity index (χ1n) is 12.5. The van der Waals surface area contributed by atoms with Gasteiger partial charge in [0, 0.05) is 36.2 Å². The number of amides is 1. The first kappa shape index (κ1) is 28.6. The molecule has 39 heavy (non-hydrogen) atoms. The Morgan fingerprint density at radius 1 is 1.08 bits per heavy atom. The van der Waals surface area contributed by atoms with Gasteiger partial charge in [-0.15, -0.1) is 12.4 Å². The molecule has 12 heteroatoms. The predicted molar refractivity (Wildman–Crippen MR) is 144 cm³/mol. The molecule has 2 aliphatic rings. The molecule has 3 N–H and O–H groups in total. The van der Waals surface area contributed by atoms with Gasteiger partial charge in [-0.2, -0.15) is 18.3 Å². The molecule has 1 saturated heterocycles. The zero-order valence-corrected chi connectivity index (χ0v) is 22.4. The Balaban J connectivity index is 0.00000353. The van der Waals surface area contributed by atoms with Crippen molar-refractivity contribution in [2.45, 2.75) is 43.6 Å². The monoisotopic (exact) mass is 565 g/mol. The lowest BCUT2D eigenvalue weighted by atomic mass is 9.96. The number of benzene rings is 2. The third-order valence-electron chi connectivity index (χ3n) is 7.07. The van der Waals surface area contributed by atoms with Crippen LogP contribution in [-0.4, -0.2) is 55.2 Å². The summed E-state index contributed by atoms with van der Waals surface area (Å²) >= 11 is 0. The van der Waals surface area contributed by atoms with Crippen molar-refractivity contribution >= 4 is 24.1 Å². The summed E-state index contributed by atoms with van der Waals surface area (Å²) in [4.78, 5) is 12.6. The number of carbonyl (C=O) groups excluding carboxylic acids is 1. The lowest BCUT2D eigenvalue weighted by Crippen LogP contribution is -2.45. The second-order valence-electron chi connectivity index (χ2n) is 9.56. The van der Waals surface area contributed by atoms with Gasteiger partial charge < -0.3 is 25.4 Å². The Morgan fingerprint density at radius 3 is 2.46 bits per heavy atom. The van der Waals surface area contributed by atoms with Crippen molar-refractivity contribution in [3.05, 3.63) is 59.7 Å². The fraction of sp³-hybridized carbons (Fsp3) is 0.407. The molecule has 0 saturated carbocycles. The first-order valence-corrected chi connectivity index (χ1v) is 12.5. The molecule has 1 amide bonds. The highest BCUT2D eigenvalue weighted by molar-refractivity contribution is 5.94. The Kier molecular flexibility index (Phi) is 8.60. The molecule has 1 fully saturated rings. The summed E-state index contributed by atoms with van der Waals surface area (Å²) in [7, 11) is 2.99. The van der Waals surface area contributed by atoms with E-state index in [0.29, 0.717) is 33.9 Å². The average molecular weight is 566 g/mol. The molecule has 210 valence electrons. The van der Waals surface area contributed by atoms with Gasteiger partial charge in [-0.05, 0) is 49.2 Å². The number of carbonyl (C=O) groups is 1. The zero-order chi connectivity index (χ0) is 26.9. The minimum Gasteiger partial charge on any atom is -0.493 e. The largest absolute Gasteiger partial charge is 0.493 e. The number of halogens is 4. The van der Waals surface area contributed by atoms with Gasteiger partial charge in [-0.25, -0.2) is 4.68 Å². The number of anilines is 1. The maximum absolute atomic E-state index is 14.1. The van der Waals surface area contributed by atoms with E-state index in [1.165, 1.54) is 14.2 Å². The minimum atomic E-state index is -4.50. The number of nitrogens with one attached hydrogen (secondary N) is 3. The summed E-state index contributed by atoms with van der Waals surface area (Å²) in [5, 5.41) is 13.8. The number of piperidine rings is 1. The van der Waals surface area contributed by atoms with Crippen molar-refractivity contribution in [1.29, 1.82) is 0 Å². The molecule has 0 radical (unpaired) electrons. The van der Waals surface area contributed by atoms with Gasteiger partial charge in [-0.3, -0.25) is 4.79 Å². The maximum Gasteiger partial charge on any atom is 0.410 e. The molecule has 0 spiro atoms. The van der Waals surface area contributed by atoms with Crippen molar-refractivity contribution in [3.8, 4) is 22.8 Å². The molecule has 2 unspecified atom stereocenters. The van der Waals surface area contributed by atoms with Crippen LogP contribution in [0.4, 0.5) is 19.0 Å². The number of rotatable bonds is 6. The van der Waals surface area contributed by atoms with E-state index in [4.69, 9.17) is 9.47 Å². The Morgan fingerprint density at radius 2 is 1.82 bits per heavy atom. The molecule has 8 nitrogen and oxygen atoms in total. The van der Waals surface area contributed by atoms with Gasteiger partial charge in [0.05, 0.1) is 26.0 Å². The topological polar surface area (TPSA) is 89.4 Å². The fourth-order valence-corrected chi connectivity index (χ4v) is 5.04. The van der Waals surface area contributed by atoms with Crippen molar-refractivity contribution in [1.82, 2.24) is 20.4 Å². The van der Waals surface area contributed by atoms with Crippen LogP contribution in [0.15, 0.2) is 48.5 Å². The summed E-state index contributed by atoms with van der Waals surface area (Å²) in [6.07, 6.45) is -2.80. The molecular formula is C27H31ClF3N5O3. The van der Waals surface area contributed by atoms with Gasteiger partial charge in [0.25, 0.3) is 5.91 Å². The number of fused-ring (bicyclic) bond motifs is 1. The number of aromatic nitrogens is 2. The maximum atomic E-state index is 14.1. The summed E-state index contributed by atoms with van der Waals surface area (Å²) in [6.45, 7) is 1.69. The van der Waals surface area contributed by atoms with Gasteiger partial charge in [0.1, 0.15) is 5.82 Å². The van der Waals surface area contributed by atoms with Crippen LogP contribution in [0, 0.1) is 0 Å². The highest BCUT2D eigenvalue weighted by Gasteiger charge is 2.46. The van der Waals surface area contributed by atoms with Crippen molar-refractivity contribution in [3.63, 3.8) is 0 Å². The summed E-state index contributed by atoms with van der Waals surface area (Å²) < 4.78 is 54.0. The zero-order valence-electron chi connectivity index (χ0n) is 21.5. The van der Waals surface area contributed by atoms with Crippen molar-refractivity contribution < 1.29 is 27.4 Å². The second kappa shape index (κ2) is 11.7. The molecule has 5 rings (SSSR count). The number of ether oxygens (including phenoxy) is 2. The van der Waals surface area contributed by atoms with Gasteiger partial charge >= 0.3 is 6.18 Å². The number of nitrogens with zero attached hydrogens (tertiary/aromatic N) is 2. The van der Waals surface area contributed by atoms with E-state index in [9.17, 15) is 18.0 Å². The number of methoxy groups -OCH3 is 2. The van der Waals surface area contributed by atoms with Gasteiger partial charge in [-0.1, -0.05) is 18.2 Å². The summed E-state index contributed by atoms with van der Waals surface area (Å²) in [6, 6.07) is 11.1. The average Bonchev–Trinajstić information content (AvgIpc) is 3.36. The lowest BCUT2D eigenvalue weighted by molar-refractivity contribution is -0.173. The van der Waals surface area contributed by atoms with Crippen molar-refractivity contribution in [2.24, 2.45) is 0 Å². The van der Waals surface area contributed by atoms with E-state index in [2.05, 4.69) is 21.0 Å². The third kappa shape index (κ3) is 6.09. The van der Waals surface area contributed by atoms with E-state index < -0.39 is 18.3 Å². The highest BCUT2D eigenvalue weighted by atomic mass is 35.5. The van der Waals surface area contributed by atoms with Gasteiger partial charge in [0.2, 0.25) is 0 Å². The van der Waals surface area contributed by atoms with E-state index in [1.54, 1.807) is 48.5 Å². The molecule has 2 aliphatic heterocycles. The van der Waals surface area contributed by atoms with Crippen LogP contribution in [0.25, 0.3) is 11.3 Å². The first-order chi connectivity index (χ1) is 18.3. The van der Waals surface area contributed by atoms with E-state index >= 15 is 0 Å². The van der Waals surface area contributed by atoms with Crippen LogP contribution in [0.5, 0.6) is 11.5 Å². The lowest BCUT2D eigenvalue weighted by Gasteiger charge is -2.33. The molecule has 3 aromatic rings. The van der Waals surface area contributed by atoms with E-state index in [-0.39, 0.29) is 36.6 Å². The Hall–Kier alpha value is -3.44. The number of alkyl halides is 3. The summed E-state index contributed by atoms with van der Waals surface area (Å²) in [5.41, 5.74) is 2.14. The number of hydrogen-bond donors (Lipinski definition) is 3. The minimum absolute atomic E-state index is 0. The molecule has 0 aliphatic carbocycles. The van der Waals surface area contributed by atoms with E-state index in [0.717, 1.165) is 30.6 Å². The molecule has 1 aromatic heterocycles. The molecule has 3 heterocycles. The van der Waals surface area contributed by atoms with Crippen LogP contribution in [-0.2, 0) is 0 Å². The molecule has 2 aromatic carbocycles. The summed E-state index contributed by atoms with van der Waals surface area (Å²) in [5.74, 6) is 1.03. The van der Waals surface area contributed by atoms with Crippen LogP contribution >= 0.6 is 12.4 Å². The van der Waals surface area contributed by atoms with Gasteiger partial charge in [0.15, 0.2) is 17.5 Å². The SMILES string of the molecule is COc1ccc(C2CC(C(F)(F)F)n3nc(-c4ccc(C(=O)N[C@H]5CCCNC5)cc4)cc3N2)cc1OC.Cl. The number of hydrogen-bond acceptors (Lipinski definition) is 6. The second-order valence-corrected chi connectivity index (χ2v) is 9.56. The van der Waals surface area contributed by atoms with Crippen molar-refractivity contribution in [2.75, 3.05) is 32.6 Å². The normalized spacial score (nSPS) is 20.7.